The Morgan fingerprint density at radius 2 is 1.71 bits per heavy atom. The Balaban J connectivity index is 2.88. The number of benzene rings is 1. The molecule has 21 heavy (non-hydrogen) atoms. The lowest BCUT2D eigenvalue weighted by Gasteiger charge is -2.23. The molecule has 0 aliphatic carbocycles. The van der Waals surface area contributed by atoms with E-state index in [1.54, 1.807) is 13.8 Å². The Labute approximate surface area is 120 Å². The Morgan fingerprint density at radius 3 is 2.10 bits per heavy atom. The smallest absolute Gasteiger partial charge is 0.416 e. The summed E-state index contributed by atoms with van der Waals surface area (Å²) >= 11 is 0. The van der Waals surface area contributed by atoms with Gasteiger partial charge in [-0.15, -0.1) is 0 Å². The van der Waals surface area contributed by atoms with E-state index in [9.17, 15) is 22.8 Å². The lowest BCUT2D eigenvalue weighted by molar-refractivity contribution is -0.146. The van der Waals surface area contributed by atoms with E-state index in [-0.39, 0.29) is 12.5 Å². The SMILES string of the molecule is CC(C)C(=O)N(CC(=O)O)Cc1ccc(C(F)(F)F)cc1. The number of carbonyl (C=O) groups is 2. The molecule has 1 aromatic carbocycles. The quantitative estimate of drug-likeness (QED) is 0.910. The van der Waals surface area contributed by atoms with Gasteiger partial charge in [-0.2, -0.15) is 13.2 Å². The van der Waals surface area contributed by atoms with Crippen molar-refractivity contribution in [2.45, 2.75) is 26.6 Å². The van der Waals surface area contributed by atoms with Crippen molar-refractivity contribution in [1.29, 1.82) is 0 Å². The third-order valence-corrected chi connectivity index (χ3v) is 2.79. The fourth-order valence-corrected chi connectivity index (χ4v) is 1.76. The molecule has 4 nitrogen and oxygen atoms in total. The predicted octanol–water partition coefficient (Wildman–Crippen LogP) is 2.77. The number of carboxylic acids is 1. The molecule has 0 radical (unpaired) electrons. The molecule has 0 unspecified atom stereocenters. The molecule has 7 heteroatoms. The Bertz CT molecular complexity index is 509. The maximum Gasteiger partial charge on any atom is 0.416 e. The maximum atomic E-state index is 12.4. The number of hydrogen-bond donors (Lipinski definition) is 1. The summed E-state index contributed by atoms with van der Waals surface area (Å²) in [7, 11) is 0. The number of carbonyl (C=O) groups excluding carboxylic acids is 1. The van der Waals surface area contributed by atoms with Crippen molar-refractivity contribution in [3.8, 4) is 0 Å². The predicted molar refractivity (Wildman–Crippen MR) is 69.3 cm³/mol. The topological polar surface area (TPSA) is 57.6 Å². The highest BCUT2D eigenvalue weighted by Gasteiger charge is 2.30. The first-order valence-corrected chi connectivity index (χ1v) is 6.28. The molecule has 1 aromatic rings. The highest BCUT2D eigenvalue weighted by atomic mass is 19.4. The summed E-state index contributed by atoms with van der Waals surface area (Å²) in [4.78, 5) is 23.8. The molecule has 0 saturated carbocycles. The van der Waals surface area contributed by atoms with E-state index in [0.29, 0.717) is 5.56 Å². The van der Waals surface area contributed by atoms with Crippen LogP contribution in [0.5, 0.6) is 0 Å². The number of nitrogens with zero attached hydrogens (tertiary/aromatic N) is 1. The highest BCUT2D eigenvalue weighted by Crippen LogP contribution is 2.29. The number of aliphatic carboxylic acids is 1. The monoisotopic (exact) mass is 303 g/mol. The van der Waals surface area contributed by atoms with Crippen LogP contribution in [0.3, 0.4) is 0 Å². The van der Waals surface area contributed by atoms with Gasteiger partial charge in [0.05, 0.1) is 5.56 Å². The van der Waals surface area contributed by atoms with Crippen molar-refractivity contribution in [3.05, 3.63) is 35.4 Å². The molecule has 116 valence electrons. The molecule has 1 amide bonds. The number of amides is 1. The van der Waals surface area contributed by atoms with Crippen molar-refractivity contribution < 1.29 is 27.9 Å². The van der Waals surface area contributed by atoms with Gasteiger partial charge in [0.25, 0.3) is 0 Å². The molecular weight excluding hydrogens is 287 g/mol. The largest absolute Gasteiger partial charge is 0.480 e. The zero-order chi connectivity index (χ0) is 16.2. The van der Waals surface area contributed by atoms with Crippen LogP contribution in [0.25, 0.3) is 0 Å². The van der Waals surface area contributed by atoms with Gasteiger partial charge in [0.2, 0.25) is 5.91 Å². The number of carboxylic acid groups (broad SMARTS) is 1. The van der Waals surface area contributed by atoms with Gasteiger partial charge in [0.15, 0.2) is 0 Å². The Kier molecular flexibility index (Phi) is 5.34. The lowest BCUT2D eigenvalue weighted by Crippen LogP contribution is -2.37. The van der Waals surface area contributed by atoms with Crippen LogP contribution in [0.15, 0.2) is 24.3 Å². The van der Waals surface area contributed by atoms with E-state index in [0.717, 1.165) is 17.0 Å². The first-order chi connectivity index (χ1) is 9.61. The minimum Gasteiger partial charge on any atom is -0.480 e. The number of hydrogen-bond acceptors (Lipinski definition) is 2. The van der Waals surface area contributed by atoms with E-state index in [2.05, 4.69) is 0 Å². The van der Waals surface area contributed by atoms with Gasteiger partial charge >= 0.3 is 12.1 Å². The molecule has 1 N–H and O–H groups in total. The van der Waals surface area contributed by atoms with Gasteiger partial charge in [0, 0.05) is 12.5 Å². The van der Waals surface area contributed by atoms with E-state index in [1.807, 2.05) is 0 Å². The molecule has 0 fully saturated rings. The van der Waals surface area contributed by atoms with Gasteiger partial charge in [-0.3, -0.25) is 9.59 Å². The number of alkyl halides is 3. The van der Waals surface area contributed by atoms with Crippen molar-refractivity contribution >= 4 is 11.9 Å². The van der Waals surface area contributed by atoms with Crippen LogP contribution in [0.4, 0.5) is 13.2 Å². The van der Waals surface area contributed by atoms with Crippen LogP contribution < -0.4 is 0 Å². The normalized spacial score (nSPS) is 11.5. The summed E-state index contributed by atoms with van der Waals surface area (Å²) in [5, 5.41) is 8.80. The summed E-state index contributed by atoms with van der Waals surface area (Å²) in [5.74, 6) is -1.92. The van der Waals surface area contributed by atoms with E-state index in [1.165, 1.54) is 12.1 Å². The van der Waals surface area contributed by atoms with Crippen LogP contribution >= 0.6 is 0 Å². The van der Waals surface area contributed by atoms with Crippen molar-refractivity contribution in [2.75, 3.05) is 6.54 Å². The van der Waals surface area contributed by atoms with E-state index >= 15 is 0 Å². The molecule has 0 aliphatic rings. The van der Waals surface area contributed by atoms with Crippen molar-refractivity contribution in [1.82, 2.24) is 4.90 Å². The molecular formula is C14H16F3NO3. The van der Waals surface area contributed by atoms with E-state index < -0.39 is 30.2 Å². The molecule has 0 aromatic heterocycles. The molecule has 0 saturated heterocycles. The summed E-state index contributed by atoms with van der Waals surface area (Å²) in [6, 6.07) is 4.30. The third kappa shape index (κ3) is 5.09. The standard InChI is InChI=1S/C14H16F3NO3/c1-9(2)13(21)18(8-12(19)20)7-10-3-5-11(6-4-10)14(15,16)17/h3-6,9H,7-8H2,1-2H3,(H,19,20). The second kappa shape index (κ2) is 6.60. The maximum absolute atomic E-state index is 12.4. The summed E-state index contributed by atoms with van der Waals surface area (Å²) in [5.41, 5.74) is -0.343. The van der Waals surface area contributed by atoms with E-state index in [4.69, 9.17) is 5.11 Å². The fraction of sp³-hybridized carbons (Fsp3) is 0.429. The summed E-state index contributed by atoms with van der Waals surface area (Å²) in [6.07, 6.45) is -4.42. The first-order valence-electron chi connectivity index (χ1n) is 6.28. The summed E-state index contributed by atoms with van der Waals surface area (Å²) in [6.45, 7) is 2.73. The molecule has 0 aliphatic heterocycles. The van der Waals surface area contributed by atoms with Gasteiger partial charge in [-0.05, 0) is 17.7 Å². The molecule has 0 bridgehead atoms. The second-order valence-corrected chi connectivity index (χ2v) is 4.94. The summed E-state index contributed by atoms with van der Waals surface area (Å²) < 4.78 is 37.3. The van der Waals surface area contributed by atoms with Crippen molar-refractivity contribution in [3.63, 3.8) is 0 Å². The average molecular weight is 303 g/mol. The first kappa shape index (κ1) is 17.0. The Hall–Kier alpha value is -2.05. The molecule has 0 atom stereocenters. The third-order valence-electron chi connectivity index (χ3n) is 2.79. The highest BCUT2D eigenvalue weighted by molar-refractivity contribution is 5.82. The van der Waals surface area contributed by atoms with Crippen molar-refractivity contribution in [2.24, 2.45) is 5.92 Å². The van der Waals surface area contributed by atoms with Crippen LogP contribution in [0.1, 0.15) is 25.0 Å². The minimum atomic E-state index is -4.42. The minimum absolute atomic E-state index is 0.0402. The van der Waals surface area contributed by atoms with Gasteiger partial charge in [-0.1, -0.05) is 26.0 Å². The van der Waals surface area contributed by atoms with Crippen LogP contribution in [-0.2, 0) is 22.3 Å². The van der Waals surface area contributed by atoms with Gasteiger partial charge in [0.1, 0.15) is 6.54 Å². The fourth-order valence-electron chi connectivity index (χ4n) is 1.76. The Morgan fingerprint density at radius 1 is 1.19 bits per heavy atom. The zero-order valence-electron chi connectivity index (χ0n) is 11.6. The zero-order valence-corrected chi connectivity index (χ0v) is 11.6. The lowest BCUT2D eigenvalue weighted by atomic mass is 10.1. The molecule has 0 spiro atoms. The van der Waals surface area contributed by atoms with Gasteiger partial charge in [-0.25, -0.2) is 0 Å². The van der Waals surface area contributed by atoms with Crippen LogP contribution in [0, 0.1) is 5.92 Å². The number of rotatable bonds is 5. The van der Waals surface area contributed by atoms with Crippen LogP contribution in [-0.4, -0.2) is 28.4 Å². The molecule has 1 rings (SSSR count). The van der Waals surface area contributed by atoms with Crippen LogP contribution in [0.2, 0.25) is 0 Å². The second-order valence-electron chi connectivity index (χ2n) is 4.94. The van der Waals surface area contributed by atoms with Gasteiger partial charge < -0.3 is 10.0 Å². The average Bonchev–Trinajstić information content (AvgIpc) is 2.36. The number of halogens is 3. The molecule has 0 heterocycles.